The number of para-hydroxylation sites is 3. The highest BCUT2D eigenvalue weighted by molar-refractivity contribution is 6.12. The minimum Gasteiger partial charge on any atom is -0.398 e. The van der Waals surface area contributed by atoms with Crippen molar-refractivity contribution < 1.29 is 0 Å². The van der Waals surface area contributed by atoms with E-state index in [1.54, 1.807) is 0 Å². The molecule has 3 heterocycles. The van der Waals surface area contributed by atoms with Crippen LogP contribution in [0, 0.1) is 0 Å². The van der Waals surface area contributed by atoms with Gasteiger partial charge in [0.1, 0.15) is 0 Å². The zero-order valence-electron chi connectivity index (χ0n) is 22.8. The number of pyridine rings is 1. The van der Waals surface area contributed by atoms with E-state index in [4.69, 9.17) is 10.7 Å². The van der Waals surface area contributed by atoms with Crippen molar-refractivity contribution in [2.45, 2.75) is 6.54 Å². The van der Waals surface area contributed by atoms with Gasteiger partial charge >= 0.3 is 0 Å². The van der Waals surface area contributed by atoms with Gasteiger partial charge in [-0.25, -0.2) is 0 Å². The standard InChI is InChI=1S/C38H26N4/c39-32-14-7-12-28-29-13-8-21-40-38(29)30(37(28)32)20-22-41-33-15-4-1-11-27(33)31-23-24(18-19-34(31)41)42-35-16-5-2-9-25(35)26-10-3-6-17-36(26)42/h1-21,23H,22,39H2/b30-20+. The maximum Gasteiger partial charge on any atom is 0.0784 e. The average Bonchev–Trinajstić information content (AvgIpc) is 3.66. The fourth-order valence-electron chi connectivity index (χ4n) is 7.01. The predicted octanol–water partition coefficient (Wildman–Crippen LogP) is 8.98. The van der Waals surface area contributed by atoms with Crippen LogP contribution in [-0.2, 0) is 6.54 Å². The molecule has 0 saturated carbocycles. The third-order valence-corrected chi connectivity index (χ3v) is 8.79. The maximum atomic E-state index is 6.54. The molecule has 5 aromatic carbocycles. The van der Waals surface area contributed by atoms with E-state index >= 15 is 0 Å². The predicted molar refractivity (Wildman–Crippen MR) is 175 cm³/mol. The van der Waals surface area contributed by atoms with E-state index in [0.29, 0.717) is 6.54 Å². The molecule has 198 valence electrons. The largest absolute Gasteiger partial charge is 0.398 e. The van der Waals surface area contributed by atoms with Crippen molar-refractivity contribution in [1.82, 2.24) is 14.1 Å². The van der Waals surface area contributed by atoms with Gasteiger partial charge in [0.25, 0.3) is 0 Å². The number of nitrogens with zero attached hydrogens (tertiary/aromatic N) is 3. The quantitative estimate of drug-likeness (QED) is 0.228. The summed E-state index contributed by atoms with van der Waals surface area (Å²) in [4.78, 5) is 4.78. The van der Waals surface area contributed by atoms with Crippen molar-refractivity contribution in [2.75, 3.05) is 5.73 Å². The van der Waals surface area contributed by atoms with Gasteiger partial charge in [-0.3, -0.25) is 4.98 Å². The second-order valence-corrected chi connectivity index (χ2v) is 11.0. The van der Waals surface area contributed by atoms with E-state index in [0.717, 1.165) is 39.3 Å². The Labute approximate surface area is 242 Å². The van der Waals surface area contributed by atoms with Gasteiger partial charge in [0.05, 0.1) is 16.7 Å². The normalized spacial score (nSPS) is 13.5. The van der Waals surface area contributed by atoms with Crippen molar-refractivity contribution in [2.24, 2.45) is 0 Å². The van der Waals surface area contributed by atoms with E-state index < -0.39 is 0 Å². The van der Waals surface area contributed by atoms with Crippen LogP contribution in [0.5, 0.6) is 0 Å². The summed E-state index contributed by atoms with van der Waals surface area (Å²) in [6.07, 6.45) is 4.16. The van der Waals surface area contributed by atoms with Gasteiger partial charge in [-0.2, -0.15) is 0 Å². The summed E-state index contributed by atoms with van der Waals surface area (Å²) in [6.45, 7) is 0.706. The summed E-state index contributed by atoms with van der Waals surface area (Å²) >= 11 is 0. The van der Waals surface area contributed by atoms with Crippen molar-refractivity contribution in [3.63, 3.8) is 0 Å². The van der Waals surface area contributed by atoms with Crippen molar-refractivity contribution in [3.05, 3.63) is 145 Å². The number of nitrogen functional groups attached to an aromatic ring is 1. The molecule has 4 heteroatoms. The minimum atomic E-state index is 0.706. The molecule has 1 aliphatic carbocycles. The molecule has 0 fully saturated rings. The fourth-order valence-corrected chi connectivity index (χ4v) is 7.01. The molecule has 0 atom stereocenters. The van der Waals surface area contributed by atoms with Crippen molar-refractivity contribution in [3.8, 4) is 16.8 Å². The molecule has 9 rings (SSSR count). The molecule has 0 spiro atoms. The molecule has 8 aromatic rings. The lowest BCUT2D eigenvalue weighted by atomic mass is 10.0. The van der Waals surface area contributed by atoms with Crippen LogP contribution >= 0.6 is 0 Å². The molecule has 1 aliphatic rings. The molecule has 0 bridgehead atoms. The smallest absolute Gasteiger partial charge is 0.0784 e. The molecule has 4 nitrogen and oxygen atoms in total. The van der Waals surface area contributed by atoms with Crippen molar-refractivity contribution in [1.29, 1.82) is 0 Å². The van der Waals surface area contributed by atoms with E-state index in [9.17, 15) is 0 Å². The highest BCUT2D eigenvalue weighted by Crippen LogP contribution is 2.46. The monoisotopic (exact) mass is 538 g/mol. The molecular formula is C38H26N4. The molecule has 0 amide bonds. The zero-order chi connectivity index (χ0) is 27.8. The molecule has 0 radical (unpaired) electrons. The molecule has 0 unspecified atom stereocenters. The number of rotatable bonds is 3. The Morgan fingerprint density at radius 1 is 0.595 bits per heavy atom. The Hall–Kier alpha value is -5.61. The number of hydrogen-bond donors (Lipinski definition) is 1. The summed E-state index contributed by atoms with van der Waals surface area (Å²) < 4.78 is 4.80. The SMILES string of the molecule is Nc1cccc2c1/C(=C\Cn1c3ccccc3c3cc(-n4c5ccccc5c5ccccc54)ccc31)c1ncccc1-2. The van der Waals surface area contributed by atoms with Crippen LogP contribution < -0.4 is 5.73 Å². The van der Waals surface area contributed by atoms with Crippen LogP contribution in [-0.4, -0.2) is 14.1 Å². The van der Waals surface area contributed by atoms with Gasteiger partial charge in [0, 0.05) is 73.4 Å². The summed E-state index contributed by atoms with van der Waals surface area (Å²) in [6, 6.07) is 43.2. The first-order chi connectivity index (χ1) is 20.8. The van der Waals surface area contributed by atoms with Gasteiger partial charge in [-0.1, -0.05) is 78.9 Å². The fraction of sp³-hybridized carbons (Fsp3) is 0.0263. The van der Waals surface area contributed by atoms with E-state index in [1.807, 2.05) is 24.4 Å². The number of anilines is 1. The molecule has 0 aliphatic heterocycles. The number of allylic oxidation sites excluding steroid dienone is 1. The average molecular weight is 539 g/mol. The second kappa shape index (κ2) is 8.69. The first kappa shape index (κ1) is 23.1. The van der Waals surface area contributed by atoms with Gasteiger partial charge in [0.15, 0.2) is 0 Å². The van der Waals surface area contributed by atoms with Crippen LogP contribution in [0.25, 0.3) is 66.0 Å². The number of benzene rings is 5. The van der Waals surface area contributed by atoms with E-state index in [-0.39, 0.29) is 0 Å². The van der Waals surface area contributed by atoms with Crippen LogP contribution in [0.2, 0.25) is 0 Å². The van der Waals surface area contributed by atoms with Gasteiger partial charge in [0.2, 0.25) is 0 Å². The summed E-state index contributed by atoms with van der Waals surface area (Å²) in [5.41, 5.74) is 18.8. The lowest BCUT2D eigenvalue weighted by molar-refractivity contribution is 0.900. The van der Waals surface area contributed by atoms with Crippen molar-refractivity contribution >= 4 is 54.9 Å². The molecule has 42 heavy (non-hydrogen) atoms. The molecule has 3 aromatic heterocycles. The Morgan fingerprint density at radius 3 is 2.00 bits per heavy atom. The van der Waals surface area contributed by atoms with Crippen LogP contribution in [0.4, 0.5) is 5.69 Å². The highest BCUT2D eigenvalue weighted by Gasteiger charge is 2.26. The maximum absolute atomic E-state index is 6.54. The van der Waals surface area contributed by atoms with Crippen LogP contribution in [0.15, 0.2) is 134 Å². The highest BCUT2D eigenvalue weighted by atomic mass is 15.0. The Kier molecular flexibility index (Phi) is 4.79. The Morgan fingerprint density at radius 2 is 1.24 bits per heavy atom. The van der Waals surface area contributed by atoms with Gasteiger partial charge < -0.3 is 14.9 Å². The molecule has 2 N–H and O–H groups in total. The third-order valence-electron chi connectivity index (χ3n) is 8.79. The first-order valence-electron chi connectivity index (χ1n) is 14.3. The number of nitrogens with two attached hydrogens (primary N) is 1. The number of aromatic nitrogens is 3. The van der Waals surface area contributed by atoms with Gasteiger partial charge in [-0.05, 0) is 54.1 Å². The number of hydrogen-bond acceptors (Lipinski definition) is 2. The lowest BCUT2D eigenvalue weighted by Gasteiger charge is -2.10. The van der Waals surface area contributed by atoms with E-state index in [1.165, 1.54) is 43.6 Å². The van der Waals surface area contributed by atoms with Gasteiger partial charge in [-0.15, -0.1) is 0 Å². The Balaban J connectivity index is 1.24. The second-order valence-electron chi connectivity index (χ2n) is 11.0. The summed E-state index contributed by atoms with van der Waals surface area (Å²) in [5.74, 6) is 0. The van der Waals surface area contributed by atoms with Crippen LogP contribution in [0.1, 0.15) is 11.3 Å². The molecular weight excluding hydrogens is 512 g/mol. The number of fused-ring (bicyclic) bond motifs is 9. The van der Waals surface area contributed by atoms with E-state index in [2.05, 4.69) is 118 Å². The third kappa shape index (κ3) is 3.15. The topological polar surface area (TPSA) is 48.8 Å². The zero-order valence-corrected chi connectivity index (χ0v) is 22.8. The van der Waals surface area contributed by atoms with Crippen LogP contribution in [0.3, 0.4) is 0 Å². The minimum absolute atomic E-state index is 0.706. The summed E-state index contributed by atoms with van der Waals surface area (Å²) in [5, 5.41) is 5.03. The summed E-state index contributed by atoms with van der Waals surface area (Å²) in [7, 11) is 0. The molecule has 0 saturated heterocycles. The lowest BCUT2D eigenvalue weighted by Crippen LogP contribution is -1.98. The first-order valence-corrected chi connectivity index (χ1v) is 14.3. The Bertz CT molecular complexity index is 2350.